The summed E-state index contributed by atoms with van der Waals surface area (Å²) in [5, 5.41) is 13.2. The summed E-state index contributed by atoms with van der Waals surface area (Å²) in [5.41, 5.74) is 8.32. The Hall–Kier alpha value is -5.02. The normalized spacial score (nSPS) is 20.5. The van der Waals surface area contributed by atoms with Crippen molar-refractivity contribution in [2.24, 2.45) is 0 Å². The van der Waals surface area contributed by atoms with Crippen molar-refractivity contribution in [2.75, 3.05) is 30.6 Å². The van der Waals surface area contributed by atoms with Gasteiger partial charge in [-0.15, -0.1) is 0 Å². The molecule has 0 bridgehead atoms. The first-order valence-corrected chi connectivity index (χ1v) is 25.3. The predicted octanol–water partition coefficient (Wildman–Crippen LogP) is 11.4. The number of hydrogen-bond acceptors (Lipinski definition) is 6. The summed E-state index contributed by atoms with van der Waals surface area (Å²) in [6, 6.07) is 38.1. The lowest BCUT2D eigenvalue weighted by Crippen LogP contribution is -2.39. The second kappa shape index (κ2) is 14.9. The van der Waals surface area contributed by atoms with E-state index in [-0.39, 0.29) is 0 Å². The fourth-order valence-corrected chi connectivity index (χ4v) is 18.9. The van der Waals surface area contributed by atoms with Crippen LogP contribution >= 0.6 is 15.2 Å². The van der Waals surface area contributed by atoms with Crippen LogP contribution in [0.3, 0.4) is 0 Å². The van der Waals surface area contributed by atoms with Crippen molar-refractivity contribution in [1.82, 2.24) is 19.9 Å². The van der Waals surface area contributed by atoms with Crippen LogP contribution in [0.4, 0.5) is 22.7 Å². The molecule has 2 aliphatic carbocycles. The Balaban J connectivity index is 1.33. The van der Waals surface area contributed by atoms with Crippen molar-refractivity contribution < 1.29 is 0 Å². The SMILES string of the molecule is CN1c2cc3ccccc3cc2P(C2CCCCC2)c2cc3ncncc3cc2N(C)c2cc3cncnc3cc2[P+](C)(C2CCCCC2)c2cc3ccccc3cc21. The van der Waals surface area contributed by atoms with Crippen molar-refractivity contribution in [1.29, 1.82) is 0 Å². The van der Waals surface area contributed by atoms with Crippen LogP contribution in [0.2, 0.25) is 0 Å². The summed E-state index contributed by atoms with van der Waals surface area (Å²) in [4.78, 5) is 24.2. The first-order valence-electron chi connectivity index (χ1n) is 21.6. The largest absolute Gasteiger partial charge is 0.341 e. The van der Waals surface area contributed by atoms with E-state index < -0.39 is 15.2 Å². The molecule has 8 aromatic rings. The predicted molar refractivity (Wildman–Crippen MR) is 255 cm³/mol. The fraction of sp³-hybridized carbons (Fsp3) is 0.294. The molecular weight excluding hydrogens is 759 g/mol. The van der Waals surface area contributed by atoms with E-state index in [4.69, 9.17) is 9.97 Å². The van der Waals surface area contributed by atoms with Crippen LogP contribution in [-0.2, 0) is 0 Å². The molecule has 2 fully saturated rings. The lowest BCUT2D eigenvalue weighted by Gasteiger charge is -2.41. The maximum Gasteiger partial charge on any atom is 0.125 e. The lowest BCUT2D eigenvalue weighted by atomic mass is 10.0. The smallest absolute Gasteiger partial charge is 0.125 e. The number of rotatable bonds is 2. The third kappa shape index (κ3) is 6.20. The van der Waals surface area contributed by atoms with E-state index in [1.54, 1.807) is 12.7 Å². The standard InChI is InChI=1S/C51H51N6P2/c1-56-44-22-34-14-10-12-16-36(34)26-48(44)58(40-18-6-4-7-19-40)49-28-42-38(30-52-32-54-42)24-45(49)57(2)47-25-39-31-53-33-55-43(39)29-51(47)59(3,41-20-8-5-9-21-41)50-27-37-17-13-11-15-35(37)23-46(50)56/h10-17,22-33,40-41H,4-9,18-21H2,1-3H3/q+1. The quantitative estimate of drug-likeness (QED) is 0.162. The number of anilines is 4. The Morgan fingerprint density at radius 1 is 0.508 bits per heavy atom. The van der Waals surface area contributed by atoms with E-state index in [9.17, 15) is 0 Å². The van der Waals surface area contributed by atoms with Gasteiger partial charge in [0.15, 0.2) is 0 Å². The topological polar surface area (TPSA) is 58.0 Å². The summed E-state index contributed by atoms with van der Waals surface area (Å²) < 4.78 is 0. The Morgan fingerprint density at radius 3 is 1.58 bits per heavy atom. The first-order chi connectivity index (χ1) is 29.0. The van der Waals surface area contributed by atoms with Crippen LogP contribution in [0.25, 0.3) is 43.4 Å². The third-order valence-corrected chi connectivity index (χ3v) is 21.8. The van der Waals surface area contributed by atoms with Gasteiger partial charge in [-0.25, -0.2) is 19.9 Å². The van der Waals surface area contributed by atoms with E-state index in [2.05, 4.69) is 138 Å². The summed E-state index contributed by atoms with van der Waals surface area (Å²) in [6.07, 6.45) is 20.1. The van der Waals surface area contributed by atoms with Gasteiger partial charge in [0.25, 0.3) is 0 Å². The van der Waals surface area contributed by atoms with Gasteiger partial charge < -0.3 is 9.80 Å². The second-order valence-electron chi connectivity index (χ2n) is 17.4. The average molecular weight is 810 g/mol. The van der Waals surface area contributed by atoms with Crippen LogP contribution in [0.15, 0.2) is 122 Å². The number of fused-ring (bicyclic) bond motifs is 8. The van der Waals surface area contributed by atoms with E-state index >= 15 is 0 Å². The van der Waals surface area contributed by atoms with Crippen LogP contribution in [0.1, 0.15) is 64.2 Å². The van der Waals surface area contributed by atoms with E-state index in [1.807, 2.05) is 12.4 Å². The van der Waals surface area contributed by atoms with Crippen molar-refractivity contribution in [3.63, 3.8) is 0 Å². The lowest BCUT2D eigenvalue weighted by molar-refractivity contribution is 0.511. The highest BCUT2D eigenvalue weighted by atomic mass is 31.2. The van der Waals surface area contributed by atoms with Crippen LogP contribution in [0, 0.1) is 0 Å². The first kappa shape index (κ1) is 37.0. The molecule has 0 saturated heterocycles. The molecule has 2 unspecified atom stereocenters. The van der Waals surface area contributed by atoms with Crippen LogP contribution in [-0.4, -0.2) is 52.0 Å². The Labute approximate surface area is 349 Å². The monoisotopic (exact) mass is 809 g/mol. The molecule has 6 nitrogen and oxygen atoms in total. The molecule has 2 saturated carbocycles. The van der Waals surface area contributed by atoms with Crippen molar-refractivity contribution in [3.05, 3.63) is 122 Å². The molecule has 11 rings (SSSR count). The molecule has 3 aliphatic rings. The van der Waals surface area contributed by atoms with E-state index in [1.165, 1.54) is 130 Å². The second-order valence-corrected chi connectivity index (χ2v) is 23.6. The van der Waals surface area contributed by atoms with Gasteiger partial charge in [-0.1, -0.05) is 74.2 Å². The Kier molecular flexibility index (Phi) is 9.35. The van der Waals surface area contributed by atoms with Gasteiger partial charge in [0, 0.05) is 65.3 Å². The van der Waals surface area contributed by atoms with Crippen molar-refractivity contribution in [2.45, 2.75) is 75.5 Å². The minimum Gasteiger partial charge on any atom is -0.341 e. The summed E-state index contributed by atoms with van der Waals surface area (Å²) in [6.45, 7) is 2.68. The molecule has 0 N–H and O–H groups in total. The summed E-state index contributed by atoms with van der Waals surface area (Å²) in [5.74, 6) is 0. The molecule has 2 aromatic heterocycles. The van der Waals surface area contributed by atoms with E-state index in [0.29, 0.717) is 11.3 Å². The molecule has 2 atom stereocenters. The number of hydrogen-bond donors (Lipinski definition) is 0. The van der Waals surface area contributed by atoms with Crippen molar-refractivity contribution >= 4 is 103 Å². The number of benzene rings is 6. The molecule has 1 aliphatic heterocycles. The molecule has 0 amide bonds. The highest BCUT2D eigenvalue weighted by molar-refractivity contribution is 7.90. The molecule has 3 heterocycles. The van der Waals surface area contributed by atoms with Crippen LogP contribution < -0.4 is 31.0 Å². The minimum absolute atomic E-state index is 0.541. The highest BCUT2D eigenvalue weighted by Crippen LogP contribution is 2.65. The molecule has 8 heteroatoms. The Morgan fingerprint density at radius 2 is 0.966 bits per heavy atom. The summed E-state index contributed by atoms with van der Waals surface area (Å²) >= 11 is 0. The fourth-order valence-electron chi connectivity index (χ4n) is 10.9. The molecule has 0 spiro atoms. The number of nitrogens with zero attached hydrogens (tertiary/aromatic N) is 6. The molecule has 6 aromatic carbocycles. The van der Waals surface area contributed by atoms with Gasteiger partial charge in [0.2, 0.25) is 0 Å². The van der Waals surface area contributed by atoms with Gasteiger partial charge in [-0.3, -0.25) is 0 Å². The van der Waals surface area contributed by atoms with Crippen LogP contribution in [0.5, 0.6) is 0 Å². The highest BCUT2D eigenvalue weighted by Gasteiger charge is 2.51. The number of aromatic nitrogens is 4. The third-order valence-electron chi connectivity index (χ3n) is 14.1. The Bertz CT molecular complexity index is 2720. The molecule has 294 valence electrons. The maximum absolute atomic E-state index is 4.96. The summed E-state index contributed by atoms with van der Waals surface area (Å²) in [7, 11) is 1.68. The molecule has 0 radical (unpaired) electrons. The zero-order valence-corrected chi connectivity index (χ0v) is 36.1. The van der Waals surface area contributed by atoms with Gasteiger partial charge in [0.05, 0.1) is 42.0 Å². The zero-order chi connectivity index (χ0) is 39.7. The van der Waals surface area contributed by atoms with E-state index in [0.717, 1.165) is 21.8 Å². The maximum atomic E-state index is 4.96. The average Bonchev–Trinajstić information content (AvgIpc) is 3.30. The van der Waals surface area contributed by atoms with Gasteiger partial charge in [-0.05, 0) is 116 Å². The molecule has 59 heavy (non-hydrogen) atoms. The van der Waals surface area contributed by atoms with Gasteiger partial charge in [-0.2, -0.15) is 0 Å². The van der Waals surface area contributed by atoms with Gasteiger partial charge >= 0.3 is 0 Å². The zero-order valence-electron chi connectivity index (χ0n) is 34.4. The van der Waals surface area contributed by atoms with Gasteiger partial charge in [0.1, 0.15) is 23.3 Å². The molecular formula is C51H51N6P2+. The minimum atomic E-state index is -2.18. The van der Waals surface area contributed by atoms with Crippen molar-refractivity contribution in [3.8, 4) is 0 Å².